The lowest BCUT2D eigenvalue weighted by molar-refractivity contribution is 0.372. The van der Waals surface area contributed by atoms with Crippen molar-refractivity contribution in [1.82, 2.24) is 15.5 Å². The molecule has 1 heterocycles. The highest BCUT2D eigenvalue weighted by molar-refractivity contribution is 5.96. The van der Waals surface area contributed by atoms with E-state index < -0.39 is 0 Å². The third kappa shape index (κ3) is 6.33. The number of aromatic nitrogens is 2. The lowest BCUT2D eigenvalue weighted by atomic mass is 9.78. The summed E-state index contributed by atoms with van der Waals surface area (Å²) in [5, 5.41) is 16.5. The van der Waals surface area contributed by atoms with Gasteiger partial charge in [0.2, 0.25) is 0 Å². The number of aryl methyl sites for hydroxylation is 1. The fourth-order valence-electron chi connectivity index (χ4n) is 7.22. The highest BCUT2D eigenvalue weighted by atomic mass is 15.1. The fourth-order valence-corrected chi connectivity index (χ4v) is 7.22. The summed E-state index contributed by atoms with van der Waals surface area (Å²) in [6, 6.07) is 29.7. The highest BCUT2D eigenvalue weighted by Crippen LogP contribution is 2.41. The number of fused-ring (bicyclic) bond motifs is 5. The summed E-state index contributed by atoms with van der Waals surface area (Å²) in [5.74, 6) is 0. The number of rotatable bonds is 5. The molecule has 0 aliphatic heterocycles. The molecule has 216 valence electrons. The molecule has 3 nitrogen and oxygen atoms in total. The summed E-state index contributed by atoms with van der Waals surface area (Å²) in [7, 11) is 0. The molecule has 43 heavy (non-hydrogen) atoms. The van der Waals surface area contributed by atoms with Gasteiger partial charge in [0.15, 0.2) is 0 Å². The van der Waals surface area contributed by atoms with Crippen LogP contribution in [-0.2, 0) is 19.4 Å². The van der Waals surface area contributed by atoms with Crippen molar-refractivity contribution in [1.29, 1.82) is 0 Å². The first-order valence-electron chi connectivity index (χ1n) is 16.2. The van der Waals surface area contributed by atoms with E-state index in [0.717, 1.165) is 29.8 Å². The van der Waals surface area contributed by atoms with Gasteiger partial charge in [-0.1, -0.05) is 116 Å². The third-order valence-electron chi connectivity index (χ3n) is 9.56. The minimum atomic E-state index is 0.718. The number of nitrogens with zero attached hydrogens (tertiary/aromatic N) is 2. The molecular formula is C40H41N3. The molecule has 5 aromatic rings. The van der Waals surface area contributed by atoms with Gasteiger partial charge in [-0.3, -0.25) is 0 Å². The van der Waals surface area contributed by atoms with E-state index in [1.807, 2.05) is 24.3 Å². The maximum absolute atomic E-state index is 3.78. The zero-order valence-corrected chi connectivity index (χ0v) is 25.1. The molecule has 1 fully saturated rings. The van der Waals surface area contributed by atoms with Crippen LogP contribution in [0, 0.1) is 0 Å². The van der Waals surface area contributed by atoms with Crippen LogP contribution in [0.3, 0.4) is 0 Å². The number of allylic oxidation sites excluding steroid dienone is 4. The summed E-state index contributed by atoms with van der Waals surface area (Å²) >= 11 is 0. The Bertz CT molecular complexity index is 1710. The molecule has 0 unspecified atom stereocenters. The fraction of sp³-hybridized carbons (Fsp3) is 0.300. The van der Waals surface area contributed by atoms with Gasteiger partial charge in [0, 0.05) is 23.4 Å². The topological polar surface area (TPSA) is 37.8 Å². The van der Waals surface area contributed by atoms with Crippen molar-refractivity contribution in [3.05, 3.63) is 137 Å². The van der Waals surface area contributed by atoms with Crippen molar-refractivity contribution >= 4 is 27.1 Å². The van der Waals surface area contributed by atoms with Crippen LogP contribution < -0.4 is 5.32 Å². The molecule has 0 bridgehead atoms. The van der Waals surface area contributed by atoms with Crippen molar-refractivity contribution in [3.63, 3.8) is 0 Å². The molecule has 3 aliphatic carbocycles. The highest BCUT2D eigenvalue weighted by Gasteiger charge is 2.21. The first kappa shape index (κ1) is 27.7. The first-order valence-corrected chi connectivity index (χ1v) is 16.2. The number of hydrogen-bond acceptors (Lipinski definition) is 3. The average Bonchev–Trinajstić information content (AvgIpc) is 3.08. The molecule has 0 radical (unpaired) electrons. The second-order valence-electron chi connectivity index (χ2n) is 12.4. The first-order chi connectivity index (χ1) is 21.3. The van der Waals surface area contributed by atoms with Gasteiger partial charge in [-0.2, -0.15) is 10.2 Å². The van der Waals surface area contributed by atoms with Crippen molar-refractivity contribution in [2.24, 2.45) is 0 Å². The van der Waals surface area contributed by atoms with Gasteiger partial charge in [-0.15, -0.1) is 0 Å². The van der Waals surface area contributed by atoms with E-state index in [9.17, 15) is 0 Å². The van der Waals surface area contributed by atoms with E-state index in [-0.39, 0.29) is 0 Å². The molecule has 0 atom stereocenters. The van der Waals surface area contributed by atoms with Gasteiger partial charge in [0.1, 0.15) is 0 Å². The third-order valence-corrected chi connectivity index (χ3v) is 9.56. The normalized spacial score (nSPS) is 16.5. The maximum atomic E-state index is 3.78. The summed E-state index contributed by atoms with van der Waals surface area (Å²) in [5.41, 5.74) is 10.5. The number of benzene rings is 4. The molecule has 1 saturated carbocycles. The van der Waals surface area contributed by atoms with E-state index in [0.29, 0.717) is 0 Å². The van der Waals surface area contributed by atoms with E-state index in [2.05, 4.69) is 82.3 Å². The molecular weight excluding hydrogens is 522 g/mol. The van der Waals surface area contributed by atoms with Crippen LogP contribution >= 0.6 is 0 Å². The van der Waals surface area contributed by atoms with Crippen molar-refractivity contribution in [3.8, 4) is 0 Å². The lowest BCUT2D eigenvalue weighted by Crippen LogP contribution is -2.30. The van der Waals surface area contributed by atoms with Crippen molar-refractivity contribution in [2.45, 2.75) is 76.8 Å². The zero-order valence-electron chi connectivity index (χ0n) is 25.1. The maximum Gasteiger partial charge on any atom is 0.0574 e. The Balaban J connectivity index is 0.000000253. The molecule has 0 amide bonds. The van der Waals surface area contributed by atoms with Crippen LogP contribution in [0.5, 0.6) is 0 Å². The Labute approximate surface area is 255 Å². The van der Waals surface area contributed by atoms with Gasteiger partial charge >= 0.3 is 0 Å². The van der Waals surface area contributed by atoms with Gasteiger partial charge < -0.3 is 5.32 Å². The van der Waals surface area contributed by atoms with E-state index >= 15 is 0 Å². The SMILES string of the molecule is C1=CC2=C(CC1)CCc1c2ccc2cccc(Cc3ccc(CNC4CCCCC4)cc3)c12.c1ccc2cnncc2c1. The molecule has 1 N–H and O–H groups in total. The Morgan fingerprint density at radius 1 is 0.674 bits per heavy atom. The largest absolute Gasteiger partial charge is 0.310 e. The molecule has 0 saturated heterocycles. The van der Waals surface area contributed by atoms with Crippen LogP contribution in [0.15, 0.2) is 109 Å². The minimum Gasteiger partial charge on any atom is -0.310 e. The van der Waals surface area contributed by atoms with Crippen LogP contribution in [-0.4, -0.2) is 16.2 Å². The van der Waals surface area contributed by atoms with Gasteiger partial charge in [-0.05, 0) is 89.1 Å². The predicted octanol–water partition coefficient (Wildman–Crippen LogP) is 9.53. The second kappa shape index (κ2) is 13.1. The summed E-state index contributed by atoms with van der Waals surface area (Å²) in [4.78, 5) is 0. The summed E-state index contributed by atoms with van der Waals surface area (Å²) in [6.07, 6.45) is 21.0. The number of hydrogen-bond donors (Lipinski definition) is 1. The lowest BCUT2D eigenvalue weighted by Gasteiger charge is -2.26. The predicted molar refractivity (Wildman–Crippen MR) is 180 cm³/mol. The van der Waals surface area contributed by atoms with Crippen LogP contribution in [0.1, 0.15) is 79.2 Å². The monoisotopic (exact) mass is 563 g/mol. The van der Waals surface area contributed by atoms with Gasteiger partial charge in [0.05, 0.1) is 12.4 Å². The van der Waals surface area contributed by atoms with Crippen molar-refractivity contribution < 1.29 is 0 Å². The smallest absolute Gasteiger partial charge is 0.0574 e. The zero-order chi connectivity index (χ0) is 28.8. The Morgan fingerprint density at radius 2 is 1.42 bits per heavy atom. The minimum absolute atomic E-state index is 0.718. The standard InChI is InChI=1S/C32H35N.C8H6N2/c1-2-10-28(11-3-1)33-22-24-15-13-23(14-16-24)21-27-9-6-8-26-18-19-30-29-12-5-4-7-25(29)17-20-31(30)32(26)27;1-2-4-8-6-10-9-5-7(8)3-1/h5-6,8-9,12-16,18-19,28,33H,1-4,7,10-11,17,20-22H2;1-6H. The van der Waals surface area contributed by atoms with Gasteiger partial charge in [0.25, 0.3) is 0 Å². The van der Waals surface area contributed by atoms with E-state index in [1.54, 1.807) is 23.5 Å². The molecule has 4 aromatic carbocycles. The van der Waals surface area contributed by atoms with Gasteiger partial charge in [-0.25, -0.2) is 0 Å². The van der Waals surface area contributed by atoms with Crippen LogP contribution in [0.2, 0.25) is 0 Å². The molecule has 0 spiro atoms. The second-order valence-corrected chi connectivity index (χ2v) is 12.4. The summed E-state index contributed by atoms with van der Waals surface area (Å²) < 4.78 is 0. The van der Waals surface area contributed by atoms with Crippen LogP contribution in [0.25, 0.3) is 27.1 Å². The molecule has 8 rings (SSSR count). The molecule has 3 heteroatoms. The van der Waals surface area contributed by atoms with Crippen LogP contribution in [0.4, 0.5) is 0 Å². The Kier molecular flexibility index (Phi) is 8.42. The Morgan fingerprint density at radius 3 is 2.21 bits per heavy atom. The Hall–Kier alpha value is -4.08. The summed E-state index contributed by atoms with van der Waals surface area (Å²) in [6.45, 7) is 0.998. The van der Waals surface area contributed by atoms with E-state index in [4.69, 9.17) is 0 Å². The van der Waals surface area contributed by atoms with Crippen molar-refractivity contribution in [2.75, 3.05) is 0 Å². The van der Waals surface area contributed by atoms with E-state index in [1.165, 1.54) is 96.4 Å². The quantitative estimate of drug-likeness (QED) is 0.231. The number of nitrogens with one attached hydrogen (secondary N) is 1. The molecule has 3 aliphatic rings. The molecule has 1 aromatic heterocycles. The average molecular weight is 564 g/mol.